The number of pyridine rings is 1. The van der Waals surface area contributed by atoms with Crippen molar-refractivity contribution < 1.29 is 4.79 Å². The zero-order valence-corrected chi connectivity index (χ0v) is 18.1. The van der Waals surface area contributed by atoms with Crippen molar-refractivity contribution in [3.63, 3.8) is 0 Å². The predicted octanol–water partition coefficient (Wildman–Crippen LogP) is 2.21. The van der Waals surface area contributed by atoms with Gasteiger partial charge < -0.3 is 9.47 Å². The maximum atomic E-state index is 13.2. The van der Waals surface area contributed by atoms with E-state index in [-0.39, 0.29) is 34.9 Å². The molecule has 2 aromatic rings. The van der Waals surface area contributed by atoms with Crippen LogP contribution in [0, 0.1) is 5.92 Å². The zero-order chi connectivity index (χ0) is 21.0. The average molecular weight is 427 g/mol. The second kappa shape index (κ2) is 7.41. The molecular weight excluding hydrogens is 400 g/mol. The van der Waals surface area contributed by atoms with Crippen LogP contribution < -0.4 is 11.1 Å². The van der Waals surface area contributed by atoms with E-state index in [1.54, 1.807) is 28.5 Å². The molecule has 1 amide bonds. The molecule has 158 valence electrons. The number of nitrogens with zero attached hydrogens (tertiary/aromatic N) is 4. The van der Waals surface area contributed by atoms with E-state index >= 15 is 0 Å². The molecule has 0 N–H and O–H groups in total. The van der Waals surface area contributed by atoms with Gasteiger partial charge in [0, 0.05) is 55.6 Å². The van der Waals surface area contributed by atoms with E-state index in [4.69, 9.17) is 0 Å². The molecule has 5 rings (SSSR count). The molecule has 3 aliphatic rings. The van der Waals surface area contributed by atoms with Crippen LogP contribution in [0.1, 0.15) is 56.0 Å². The number of fused-ring (bicyclic) bond motifs is 5. The molecule has 8 heteroatoms. The summed E-state index contributed by atoms with van der Waals surface area (Å²) in [5, 5.41) is 0.729. The first kappa shape index (κ1) is 19.6. The highest BCUT2D eigenvalue weighted by Gasteiger charge is 2.37. The van der Waals surface area contributed by atoms with Crippen LogP contribution in [0.15, 0.2) is 39.0 Å². The lowest BCUT2D eigenvalue weighted by atomic mass is 9.83. The monoisotopic (exact) mass is 426 g/mol. The lowest BCUT2D eigenvalue weighted by molar-refractivity contribution is -0.134. The van der Waals surface area contributed by atoms with Crippen LogP contribution in [0.4, 0.5) is 0 Å². The molecule has 3 aliphatic heterocycles. The van der Waals surface area contributed by atoms with Gasteiger partial charge in [-0.2, -0.15) is 0 Å². The predicted molar refractivity (Wildman–Crippen MR) is 115 cm³/mol. The minimum absolute atomic E-state index is 0.0502. The molecule has 0 saturated carbocycles. The Morgan fingerprint density at radius 1 is 1.20 bits per heavy atom. The first-order valence-electron chi connectivity index (χ1n) is 10.6. The van der Waals surface area contributed by atoms with Crippen molar-refractivity contribution in [1.29, 1.82) is 0 Å². The summed E-state index contributed by atoms with van der Waals surface area (Å²) in [6.07, 6.45) is 1.35. The van der Waals surface area contributed by atoms with Gasteiger partial charge in [0.05, 0.1) is 11.7 Å². The Labute approximate surface area is 179 Å². The summed E-state index contributed by atoms with van der Waals surface area (Å²) < 4.78 is 3.58. The number of carbonyl (C=O) groups is 1. The molecule has 2 bridgehead atoms. The number of rotatable bonds is 3. The number of thioether (sulfide) groups is 1. The number of aromatic nitrogens is 3. The van der Waals surface area contributed by atoms with Gasteiger partial charge in [-0.3, -0.25) is 19.0 Å². The van der Waals surface area contributed by atoms with Crippen LogP contribution in [-0.4, -0.2) is 43.8 Å². The van der Waals surface area contributed by atoms with E-state index in [1.807, 2.05) is 35.4 Å². The van der Waals surface area contributed by atoms with Gasteiger partial charge in [0.25, 0.3) is 11.1 Å². The highest BCUT2D eigenvalue weighted by Crippen LogP contribution is 2.37. The van der Waals surface area contributed by atoms with Gasteiger partial charge in [0.2, 0.25) is 5.91 Å². The molecule has 0 aliphatic carbocycles. The fourth-order valence-electron chi connectivity index (χ4n) is 5.05. The molecule has 1 saturated heterocycles. The summed E-state index contributed by atoms with van der Waals surface area (Å²) >= 11 is 1.56. The van der Waals surface area contributed by atoms with Gasteiger partial charge in [0.15, 0.2) is 5.16 Å². The van der Waals surface area contributed by atoms with E-state index in [2.05, 4.69) is 4.98 Å². The Hall–Kier alpha value is -2.35. The van der Waals surface area contributed by atoms with Crippen molar-refractivity contribution in [1.82, 2.24) is 19.0 Å². The van der Waals surface area contributed by atoms with Gasteiger partial charge in [-0.15, -0.1) is 0 Å². The van der Waals surface area contributed by atoms with E-state index in [9.17, 15) is 14.4 Å². The van der Waals surface area contributed by atoms with Crippen LogP contribution in [0.25, 0.3) is 0 Å². The third-order valence-corrected chi connectivity index (χ3v) is 7.64. The first-order chi connectivity index (χ1) is 14.4. The second-order valence-corrected chi connectivity index (χ2v) is 9.98. The maximum absolute atomic E-state index is 13.2. The van der Waals surface area contributed by atoms with Gasteiger partial charge >= 0.3 is 0 Å². The van der Waals surface area contributed by atoms with E-state index in [0.717, 1.165) is 23.0 Å². The van der Waals surface area contributed by atoms with Gasteiger partial charge in [-0.25, -0.2) is 4.98 Å². The second-order valence-electron chi connectivity index (χ2n) is 8.99. The van der Waals surface area contributed by atoms with E-state index in [1.165, 1.54) is 0 Å². The summed E-state index contributed by atoms with van der Waals surface area (Å²) in [6, 6.07) is 6.90. The number of hydrogen-bond donors (Lipinski definition) is 0. The Kier molecular flexibility index (Phi) is 4.84. The van der Waals surface area contributed by atoms with E-state index < -0.39 is 0 Å². The van der Waals surface area contributed by atoms with Gasteiger partial charge in [-0.1, -0.05) is 31.7 Å². The van der Waals surface area contributed by atoms with Crippen molar-refractivity contribution in [3.05, 3.63) is 56.4 Å². The third kappa shape index (κ3) is 3.31. The van der Waals surface area contributed by atoms with Crippen molar-refractivity contribution in [2.75, 3.05) is 18.8 Å². The summed E-state index contributed by atoms with van der Waals surface area (Å²) in [5.74, 6) is 1.51. The fraction of sp³-hybridized carbons (Fsp3) is 0.545. The molecule has 0 spiro atoms. The number of amides is 1. The average Bonchev–Trinajstić information content (AvgIpc) is 3.12. The molecule has 0 radical (unpaired) electrons. The lowest BCUT2D eigenvalue weighted by Gasteiger charge is -2.43. The zero-order valence-electron chi connectivity index (χ0n) is 17.3. The van der Waals surface area contributed by atoms with Crippen LogP contribution in [-0.2, 0) is 11.3 Å². The Bertz CT molecular complexity index is 1120. The molecule has 0 unspecified atom stereocenters. The maximum Gasteiger partial charge on any atom is 0.254 e. The molecular formula is C22H26N4O3S. The molecule has 3 atom stereocenters. The topological polar surface area (TPSA) is 77.2 Å². The summed E-state index contributed by atoms with van der Waals surface area (Å²) in [6.45, 7) is 6.06. The summed E-state index contributed by atoms with van der Waals surface area (Å²) in [4.78, 5) is 44.6. The van der Waals surface area contributed by atoms with Gasteiger partial charge in [0.1, 0.15) is 0 Å². The molecule has 2 aromatic heterocycles. The molecule has 0 aromatic carbocycles. The highest BCUT2D eigenvalue weighted by molar-refractivity contribution is 7.99. The fourth-order valence-corrected chi connectivity index (χ4v) is 6.20. The Balaban J connectivity index is 1.34. The lowest BCUT2D eigenvalue weighted by Crippen LogP contribution is -2.49. The van der Waals surface area contributed by atoms with Crippen molar-refractivity contribution in [3.8, 4) is 0 Å². The third-order valence-electron chi connectivity index (χ3n) is 6.54. The van der Waals surface area contributed by atoms with E-state index in [0.29, 0.717) is 37.7 Å². The highest BCUT2D eigenvalue weighted by atomic mass is 32.2. The number of hydrogen-bond acceptors (Lipinski definition) is 5. The Morgan fingerprint density at radius 2 is 2.03 bits per heavy atom. The molecule has 30 heavy (non-hydrogen) atoms. The summed E-state index contributed by atoms with van der Waals surface area (Å²) in [5.41, 5.74) is 1.84. The minimum atomic E-state index is -0.143. The normalized spacial score (nSPS) is 24.6. The van der Waals surface area contributed by atoms with Crippen LogP contribution >= 0.6 is 11.8 Å². The smallest absolute Gasteiger partial charge is 0.254 e. The molecule has 7 nitrogen and oxygen atoms in total. The van der Waals surface area contributed by atoms with Gasteiger partial charge in [-0.05, 0) is 24.3 Å². The summed E-state index contributed by atoms with van der Waals surface area (Å²) in [7, 11) is 0. The number of likely N-dealkylation sites (tertiary alicyclic amines) is 1. The number of carbonyl (C=O) groups excluding carboxylic acids is 1. The minimum Gasteiger partial charge on any atom is -0.342 e. The molecule has 5 heterocycles. The van der Waals surface area contributed by atoms with Crippen LogP contribution in [0.2, 0.25) is 0 Å². The number of piperidine rings is 1. The quantitative estimate of drug-likeness (QED) is 0.704. The first-order valence-corrected chi connectivity index (χ1v) is 11.6. The SMILES string of the molecule is CC(C)c1cc(=O)n2c(n1)SC[C@H]2CC(=O)N1C[C@@H]2C[C@@H](C1)c1cccc(=O)n1C2. The molecule has 1 fully saturated rings. The van der Waals surface area contributed by atoms with Crippen molar-refractivity contribution >= 4 is 17.7 Å². The van der Waals surface area contributed by atoms with Crippen LogP contribution in [0.5, 0.6) is 0 Å². The standard InChI is InChI=1S/C22H26N4O3S/c1-13(2)17-8-21(29)26-16(12-30-22(26)23-17)7-20(28)24-9-14-6-15(11-24)18-4-3-5-19(27)25(18)10-14/h3-5,8,13-16H,6-7,9-12H2,1-2H3/t14-,15-,16+/m0/s1. The van der Waals surface area contributed by atoms with Crippen molar-refractivity contribution in [2.24, 2.45) is 5.92 Å². The largest absolute Gasteiger partial charge is 0.342 e. The Morgan fingerprint density at radius 3 is 2.83 bits per heavy atom. The van der Waals surface area contributed by atoms with Crippen molar-refractivity contribution in [2.45, 2.75) is 56.3 Å². The van der Waals surface area contributed by atoms with Crippen LogP contribution in [0.3, 0.4) is 0 Å².